The second-order valence-corrected chi connectivity index (χ2v) is 5.84. The van der Waals surface area contributed by atoms with Gasteiger partial charge in [-0.1, -0.05) is 31.2 Å². The summed E-state index contributed by atoms with van der Waals surface area (Å²) in [5.41, 5.74) is 4.37. The first kappa shape index (κ1) is 14.0. The van der Waals surface area contributed by atoms with Crippen LogP contribution in [0.2, 0.25) is 0 Å². The normalized spacial score (nSPS) is 14.0. The molecule has 0 radical (unpaired) electrons. The number of H-pyrrole nitrogens is 1. The zero-order valence-corrected chi connectivity index (χ0v) is 13.2. The van der Waals surface area contributed by atoms with Gasteiger partial charge in [0, 0.05) is 19.6 Å². The number of imidazole rings is 1. The van der Waals surface area contributed by atoms with Crippen molar-refractivity contribution in [1.29, 1.82) is 0 Å². The standard InChI is InChI=1S/C17H20N6/c1-2-8-18-15-14-16(20-11-19-14)22-17(21-15)23-9-7-12-5-3-4-6-13(12)10-23/h3-6,11H,2,7-10H2,1H3,(H2,18,19,20,21,22). The largest absolute Gasteiger partial charge is 0.368 e. The van der Waals surface area contributed by atoms with Crippen molar-refractivity contribution in [2.45, 2.75) is 26.3 Å². The maximum Gasteiger partial charge on any atom is 0.229 e. The van der Waals surface area contributed by atoms with Crippen molar-refractivity contribution in [2.75, 3.05) is 23.3 Å². The second kappa shape index (κ2) is 5.87. The Morgan fingerprint density at radius 1 is 1.22 bits per heavy atom. The lowest BCUT2D eigenvalue weighted by Crippen LogP contribution is -2.32. The van der Waals surface area contributed by atoms with Crippen molar-refractivity contribution in [3.63, 3.8) is 0 Å². The van der Waals surface area contributed by atoms with Gasteiger partial charge < -0.3 is 15.2 Å². The number of aromatic nitrogens is 4. The highest BCUT2D eigenvalue weighted by Crippen LogP contribution is 2.25. The molecule has 6 heteroatoms. The molecule has 6 nitrogen and oxygen atoms in total. The number of rotatable bonds is 4. The molecule has 0 atom stereocenters. The molecule has 23 heavy (non-hydrogen) atoms. The van der Waals surface area contributed by atoms with Gasteiger partial charge in [-0.15, -0.1) is 0 Å². The molecule has 3 heterocycles. The van der Waals surface area contributed by atoms with Gasteiger partial charge in [-0.25, -0.2) is 4.98 Å². The molecular weight excluding hydrogens is 288 g/mol. The molecule has 0 aliphatic carbocycles. The van der Waals surface area contributed by atoms with Crippen molar-refractivity contribution in [3.05, 3.63) is 41.7 Å². The highest BCUT2D eigenvalue weighted by molar-refractivity contribution is 5.83. The Morgan fingerprint density at radius 3 is 2.96 bits per heavy atom. The van der Waals surface area contributed by atoms with Crippen molar-refractivity contribution in [3.8, 4) is 0 Å². The van der Waals surface area contributed by atoms with Gasteiger partial charge in [0.15, 0.2) is 11.5 Å². The second-order valence-electron chi connectivity index (χ2n) is 5.84. The summed E-state index contributed by atoms with van der Waals surface area (Å²) in [6.07, 6.45) is 3.74. The Labute approximate surface area is 135 Å². The molecule has 0 saturated carbocycles. The van der Waals surface area contributed by atoms with Crippen molar-refractivity contribution in [2.24, 2.45) is 0 Å². The minimum atomic E-state index is 0.715. The number of benzene rings is 1. The van der Waals surface area contributed by atoms with Gasteiger partial charge in [0.05, 0.1) is 6.33 Å². The summed E-state index contributed by atoms with van der Waals surface area (Å²) in [5, 5.41) is 3.37. The summed E-state index contributed by atoms with van der Waals surface area (Å²) in [7, 11) is 0. The highest BCUT2D eigenvalue weighted by atomic mass is 15.3. The van der Waals surface area contributed by atoms with Gasteiger partial charge >= 0.3 is 0 Å². The third-order valence-electron chi connectivity index (χ3n) is 4.23. The zero-order valence-electron chi connectivity index (χ0n) is 13.2. The van der Waals surface area contributed by atoms with Crippen LogP contribution in [0.1, 0.15) is 24.5 Å². The molecule has 118 valence electrons. The third kappa shape index (κ3) is 2.60. The SMILES string of the molecule is CCCNc1nc(N2CCc3ccccc3C2)nc2nc[nH]c12. The van der Waals surface area contributed by atoms with Gasteiger partial charge in [0.25, 0.3) is 0 Å². The molecule has 3 aromatic rings. The van der Waals surface area contributed by atoms with Gasteiger partial charge in [0.2, 0.25) is 5.95 Å². The van der Waals surface area contributed by atoms with Crippen LogP contribution in [-0.2, 0) is 13.0 Å². The Kier molecular flexibility index (Phi) is 3.57. The molecule has 2 N–H and O–H groups in total. The molecule has 0 unspecified atom stereocenters. The zero-order chi connectivity index (χ0) is 15.6. The highest BCUT2D eigenvalue weighted by Gasteiger charge is 2.20. The summed E-state index contributed by atoms with van der Waals surface area (Å²) >= 11 is 0. The van der Waals surface area contributed by atoms with Crippen LogP contribution < -0.4 is 10.2 Å². The topological polar surface area (TPSA) is 69.7 Å². The first-order valence-electron chi connectivity index (χ1n) is 8.12. The molecule has 1 aromatic carbocycles. The number of fused-ring (bicyclic) bond motifs is 2. The lowest BCUT2D eigenvalue weighted by molar-refractivity contribution is 0.710. The van der Waals surface area contributed by atoms with Crippen LogP contribution in [0.3, 0.4) is 0 Å². The quantitative estimate of drug-likeness (QED) is 0.775. The molecule has 0 spiro atoms. The van der Waals surface area contributed by atoms with Crippen LogP contribution in [0.25, 0.3) is 11.2 Å². The lowest BCUT2D eigenvalue weighted by atomic mass is 10.0. The summed E-state index contributed by atoms with van der Waals surface area (Å²) in [6.45, 7) is 4.80. The predicted octanol–water partition coefficient (Wildman–Crippen LogP) is 2.74. The number of anilines is 2. The average Bonchev–Trinajstić information content (AvgIpc) is 3.08. The van der Waals surface area contributed by atoms with Crippen LogP contribution in [-0.4, -0.2) is 33.0 Å². The average molecular weight is 308 g/mol. The van der Waals surface area contributed by atoms with Crippen LogP contribution in [0.5, 0.6) is 0 Å². The van der Waals surface area contributed by atoms with E-state index >= 15 is 0 Å². The monoisotopic (exact) mass is 308 g/mol. The lowest BCUT2D eigenvalue weighted by Gasteiger charge is -2.29. The van der Waals surface area contributed by atoms with Gasteiger partial charge in [-0.3, -0.25) is 0 Å². The van der Waals surface area contributed by atoms with E-state index in [0.29, 0.717) is 5.65 Å². The Hall–Kier alpha value is -2.63. The molecule has 0 fully saturated rings. The molecular formula is C17H20N6. The van der Waals surface area contributed by atoms with Crippen molar-refractivity contribution in [1.82, 2.24) is 19.9 Å². The van der Waals surface area contributed by atoms with E-state index in [1.165, 1.54) is 11.1 Å². The maximum absolute atomic E-state index is 4.74. The van der Waals surface area contributed by atoms with Crippen molar-refractivity contribution < 1.29 is 0 Å². The minimum absolute atomic E-state index is 0.715. The van der Waals surface area contributed by atoms with E-state index < -0.39 is 0 Å². The Balaban J connectivity index is 1.69. The smallest absolute Gasteiger partial charge is 0.229 e. The molecule has 0 bridgehead atoms. The van der Waals surface area contributed by atoms with Crippen LogP contribution >= 0.6 is 0 Å². The number of nitrogens with one attached hydrogen (secondary N) is 2. The molecule has 4 rings (SSSR count). The molecule has 1 aliphatic heterocycles. The van der Waals surface area contributed by atoms with Crippen LogP contribution in [0, 0.1) is 0 Å². The number of nitrogens with zero attached hydrogens (tertiary/aromatic N) is 4. The van der Waals surface area contributed by atoms with Gasteiger partial charge in [-0.2, -0.15) is 9.97 Å². The summed E-state index contributed by atoms with van der Waals surface area (Å²) < 4.78 is 0. The first-order chi connectivity index (χ1) is 11.3. The van der Waals surface area contributed by atoms with E-state index in [2.05, 4.69) is 56.4 Å². The summed E-state index contributed by atoms with van der Waals surface area (Å²) in [5.74, 6) is 1.58. The van der Waals surface area contributed by atoms with Gasteiger partial charge in [0.1, 0.15) is 5.52 Å². The third-order valence-corrected chi connectivity index (χ3v) is 4.23. The predicted molar refractivity (Wildman–Crippen MR) is 91.7 cm³/mol. The van der Waals surface area contributed by atoms with E-state index in [9.17, 15) is 0 Å². The number of hydrogen-bond donors (Lipinski definition) is 2. The van der Waals surface area contributed by atoms with E-state index in [4.69, 9.17) is 4.98 Å². The van der Waals surface area contributed by atoms with E-state index in [0.717, 1.165) is 49.8 Å². The molecule has 0 saturated heterocycles. The molecule has 0 amide bonds. The maximum atomic E-state index is 4.74. The van der Waals surface area contributed by atoms with E-state index in [1.807, 2.05) is 0 Å². The fourth-order valence-electron chi connectivity index (χ4n) is 3.00. The van der Waals surface area contributed by atoms with Crippen molar-refractivity contribution >= 4 is 22.9 Å². The van der Waals surface area contributed by atoms with Crippen LogP contribution in [0.15, 0.2) is 30.6 Å². The number of aromatic amines is 1. The van der Waals surface area contributed by atoms with Crippen LogP contribution in [0.4, 0.5) is 11.8 Å². The van der Waals surface area contributed by atoms with Gasteiger partial charge in [-0.05, 0) is 24.0 Å². The Bertz CT molecular complexity index is 825. The minimum Gasteiger partial charge on any atom is -0.368 e. The first-order valence-corrected chi connectivity index (χ1v) is 8.12. The molecule has 2 aromatic heterocycles. The number of hydrogen-bond acceptors (Lipinski definition) is 5. The summed E-state index contributed by atoms with van der Waals surface area (Å²) in [6, 6.07) is 8.59. The fourth-order valence-corrected chi connectivity index (χ4v) is 3.00. The molecule has 1 aliphatic rings. The summed E-state index contributed by atoms with van der Waals surface area (Å²) in [4.78, 5) is 19.0. The van der Waals surface area contributed by atoms with E-state index in [-0.39, 0.29) is 0 Å². The Morgan fingerprint density at radius 2 is 2.09 bits per heavy atom. The van der Waals surface area contributed by atoms with E-state index in [1.54, 1.807) is 6.33 Å². The fraction of sp³-hybridized carbons (Fsp3) is 0.353.